The second kappa shape index (κ2) is 6.32. The van der Waals surface area contributed by atoms with Gasteiger partial charge in [-0.1, -0.05) is 6.08 Å². The summed E-state index contributed by atoms with van der Waals surface area (Å²) in [6.45, 7) is 3.96. The van der Waals surface area contributed by atoms with Crippen LogP contribution in [0.4, 0.5) is 0 Å². The summed E-state index contributed by atoms with van der Waals surface area (Å²) in [7, 11) is 0. The van der Waals surface area contributed by atoms with E-state index in [0.717, 1.165) is 19.6 Å². The molecule has 5 nitrogen and oxygen atoms in total. The number of carbonyl (C=O) groups is 2. The molecule has 0 aliphatic carbocycles. The molecule has 1 fully saturated rings. The van der Waals surface area contributed by atoms with Crippen LogP contribution in [0.25, 0.3) is 0 Å². The molecule has 0 N–H and O–H groups in total. The summed E-state index contributed by atoms with van der Waals surface area (Å²) in [5.74, 6) is -1.20. The SMILES string of the molecule is O=C1N=CC=CC1C(=O)N1CCN(Cc2ccsc2)CC1. The average molecular weight is 303 g/mol. The Balaban J connectivity index is 1.53. The number of piperazine rings is 1. The fourth-order valence-electron chi connectivity index (χ4n) is 2.59. The number of aliphatic imine (C=N–C) groups is 1. The first-order chi connectivity index (χ1) is 10.2. The number of hydrogen-bond donors (Lipinski definition) is 0. The predicted octanol–water partition coefficient (Wildman–Crippen LogP) is 1.18. The minimum absolute atomic E-state index is 0.122. The lowest BCUT2D eigenvalue weighted by atomic mass is 10.0. The maximum absolute atomic E-state index is 12.4. The van der Waals surface area contributed by atoms with Crippen molar-refractivity contribution >= 4 is 29.4 Å². The molecule has 2 aliphatic heterocycles. The molecule has 2 aliphatic rings. The van der Waals surface area contributed by atoms with E-state index in [4.69, 9.17) is 0 Å². The van der Waals surface area contributed by atoms with Gasteiger partial charge in [0.15, 0.2) is 0 Å². The largest absolute Gasteiger partial charge is 0.339 e. The van der Waals surface area contributed by atoms with Gasteiger partial charge in [-0.05, 0) is 28.5 Å². The smallest absolute Gasteiger partial charge is 0.262 e. The van der Waals surface area contributed by atoms with Gasteiger partial charge < -0.3 is 4.90 Å². The summed E-state index contributed by atoms with van der Waals surface area (Å²) in [6, 6.07) is 2.13. The third kappa shape index (κ3) is 3.28. The van der Waals surface area contributed by atoms with E-state index < -0.39 is 5.92 Å². The molecule has 1 unspecified atom stereocenters. The van der Waals surface area contributed by atoms with Crippen molar-refractivity contribution < 1.29 is 9.59 Å². The third-order valence-corrected chi connectivity index (χ3v) is 4.53. The van der Waals surface area contributed by atoms with Crippen molar-refractivity contribution in [2.75, 3.05) is 26.2 Å². The second-order valence-electron chi connectivity index (χ2n) is 5.21. The number of nitrogens with zero attached hydrogens (tertiary/aromatic N) is 3. The fourth-order valence-corrected chi connectivity index (χ4v) is 3.25. The van der Waals surface area contributed by atoms with Crippen molar-refractivity contribution in [3.63, 3.8) is 0 Å². The van der Waals surface area contributed by atoms with Gasteiger partial charge in [0.25, 0.3) is 5.91 Å². The number of amides is 2. The molecule has 1 atom stereocenters. The van der Waals surface area contributed by atoms with Crippen LogP contribution < -0.4 is 0 Å². The van der Waals surface area contributed by atoms with Crippen molar-refractivity contribution in [1.29, 1.82) is 0 Å². The first kappa shape index (κ1) is 14.2. The number of allylic oxidation sites excluding steroid dienone is 1. The summed E-state index contributed by atoms with van der Waals surface area (Å²) < 4.78 is 0. The number of thiophene rings is 1. The minimum atomic E-state index is -0.724. The normalized spacial score (nSPS) is 22.8. The van der Waals surface area contributed by atoms with E-state index in [0.29, 0.717) is 13.1 Å². The molecule has 3 heterocycles. The van der Waals surface area contributed by atoms with Gasteiger partial charge in [-0.2, -0.15) is 11.3 Å². The van der Waals surface area contributed by atoms with Gasteiger partial charge in [-0.25, -0.2) is 4.99 Å². The summed E-state index contributed by atoms with van der Waals surface area (Å²) in [4.78, 5) is 31.8. The van der Waals surface area contributed by atoms with Gasteiger partial charge >= 0.3 is 0 Å². The Morgan fingerprint density at radius 2 is 2.14 bits per heavy atom. The number of dihydropyridines is 1. The molecule has 0 bridgehead atoms. The van der Waals surface area contributed by atoms with Crippen molar-refractivity contribution in [3.05, 3.63) is 34.5 Å². The Morgan fingerprint density at radius 1 is 1.33 bits per heavy atom. The molecule has 110 valence electrons. The molecular weight excluding hydrogens is 286 g/mol. The molecule has 0 radical (unpaired) electrons. The number of carbonyl (C=O) groups excluding carboxylic acids is 2. The standard InChI is InChI=1S/C15H17N3O2S/c19-14-13(2-1-4-16-14)15(20)18-7-5-17(6-8-18)10-12-3-9-21-11-12/h1-4,9,11,13H,5-8,10H2. The van der Waals surface area contributed by atoms with Crippen molar-refractivity contribution in [1.82, 2.24) is 9.80 Å². The predicted molar refractivity (Wildman–Crippen MR) is 82.3 cm³/mol. The minimum Gasteiger partial charge on any atom is -0.339 e. The van der Waals surface area contributed by atoms with Crippen LogP contribution in [0.1, 0.15) is 5.56 Å². The zero-order valence-electron chi connectivity index (χ0n) is 11.6. The first-order valence-electron chi connectivity index (χ1n) is 7.01. The number of hydrogen-bond acceptors (Lipinski definition) is 4. The van der Waals surface area contributed by atoms with Gasteiger partial charge in [0.1, 0.15) is 5.92 Å². The second-order valence-corrected chi connectivity index (χ2v) is 5.99. The van der Waals surface area contributed by atoms with E-state index in [1.807, 2.05) is 0 Å². The van der Waals surface area contributed by atoms with E-state index in [9.17, 15) is 9.59 Å². The van der Waals surface area contributed by atoms with E-state index in [1.165, 1.54) is 11.8 Å². The highest BCUT2D eigenvalue weighted by Crippen LogP contribution is 2.15. The monoisotopic (exact) mass is 303 g/mol. The molecule has 3 rings (SSSR count). The maximum atomic E-state index is 12.4. The lowest BCUT2D eigenvalue weighted by Gasteiger charge is -2.35. The molecule has 1 aromatic rings. The molecule has 0 saturated carbocycles. The summed E-state index contributed by atoms with van der Waals surface area (Å²) in [5, 5.41) is 4.23. The van der Waals surface area contributed by atoms with Crippen molar-refractivity contribution in [3.8, 4) is 0 Å². The molecule has 0 aromatic carbocycles. The molecule has 21 heavy (non-hydrogen) atoms. The summed E-state index contributed by atoms with van der Waals surface area (Å²) >= 11 is 1.70. The van der Waals surface area contributed by atoms with Gasteiger partial charge in [0, 0.05) is 38.9 Å². The van der Waals surface area contributed by atoms with Crippen LogP contribution >= 0.6 is 11.3 Å². The quantitative estimate of drug-likeness (QED) is 0.788. The third-order valence-electron chi connectivity index (χ3n) is 3.79. The van der Waals surface area contributed by atoms with Crippen molar-refractivity contribution in [2.24, 2.45) is 10.9 Å². The zero-order chi connectivity index (χ0) is 14.7. The molecule has 1 aromatic heterocycles. The van der Waals surface area contributed by atoms with E-state index in [1.54, 1.807) is 28.4 Å². The van der Waals surface area contributed by atoms with Crippen LogP contribution in [0.15, 0.2) is 34.0 Å². The van der Waals surface area contributed by atoms with Crippen LogP contribution in [0.2, 0.25) is 0 Å². The van der Waals surface area contributed by atoms with Gasteiger partial charge in [-0.15, -0.1) is 0 Å². The molecular formula is C15H17N3O2S. The Labute approximate surface area is 127 Å². The lowest BCUT2D eigenvalue weighted by molar-refractivity contribution is -0.140. The van der Waals surface area contributed by atoms with E-state index in [-0.39, 0.29) is 11.8 Å². The average Bonchev–Trinajstić information content (AvgIpc) is 3.01. The summed E-state index contributed by atoms with van der Waals surface area (Å²) in [6.07, 6.45) is 4.73. The van der Waals surface area contributed by atoms with Gasteiger partial charge in [-0.3, -0.25) is 14.5 Å². The van der Waals surface area contributed by atoms with Gasteiger partial charge in [0.2, 0.25) is 5.91 Å². The van der Waals surface area contributed by atoms with Crippen molar-refractivity contribution in [2.45, 2.75) is 6.54 Å². The van der Waals surface area contributed by atoms with E-state index >= 15 is 0 Å². The highest BCUT2D eigenvalue weighted by atomic mass is 32.1. The topological polar surface area (TPSA) is 53.0 Å². The summed E-state index contributed by atoms with van der Waals surface area (Å²) in [5.41, 5.74) is 1.32. The zero-order valence-corrected chi connectivity index (χ0v) is 12.5. The highest BCUT2D eigenvalue weighted by molar-refractivity contribution is 7.07. The lowest BCUT2D eigenvalue weighted by Crippen LogP contribution is -2.50. The van der Waals surface area contributed by atoms with Gasteiger partial charge in [0.05, 0.1) is 0 Å². The van der Waals surface area contributed by atoms with Crippen LogP contribution in [-0.2, 0) is 16.1 Å². The highest BCUT2D eigenvalue weighted by Gasteiger charge is 2.31. The molecule has 0 spiro atoms. The molecule has 2 amide bonds. The fraction of sp³-hybridized carbons (Fsp3) is 0.400. The molecule has 1 saturated heterocycles. The van der Waals surface area contributed by atoms with Crippen LogP contribution in [0.3, 0.4) is 0 Å². The Morgan fingerprint density at radius 3 is 2.81 bits per heavy atom. The van der Waals surface area contributed by atoms with Crippen LogP contribution in [-0.4, -0.2) is 54.0 Å². The Kier molecular flexibility index (Phi) is 4.26. The maximum Gasteiger partial charge on any atom is 0.262 e. The number of rotatable bonds is 3. The van der Waals surface area contributed by atoms with Crippen LogP contribution in [0.5, 0.6) is 0 Å². The Hall–Kier alpha value is -1.79. The van der Waals surface area contributed by atoms with Crippen LogP contribution in [0, 0.1) is 5.92 Å². The van der Waals surface area contributed by atoms with E-state index in [2.05, 4.69) is 26.7 Å². The molecule has 6 heteroatoms. The first-order valence-corrected chi connectivity index (χ1v) is 7.95. The Bertz CT molecular complexity index is 572.